The normalized spacial score (nSPS) is 10.3. The van der Waals surface area contributed by atoms with Crippen molar-refractivity contribution in [1.82, 2.24) is 20.1 Å². The van der Waals surface area contributed by atoms with Gasteiger partial charge in [0.1, 0.15) is 12.1 Å². The molecule has 8 heteroatoms. The van der Waals surface area contributed by atoms with Crippen LogP contribution in [-0.4, -0.2) is 27.9 Å². The SMILES string of the molecule is COc1ccc(Cl)cc1NC(=O)NCc1nncn1-c1ccccc1. The Hall–Kier alpha value is -3.06. The smallest absolute Gasteiger partial charge is 0.319 e. The van der Waals surface area contributed by atoms with E-state index in [1.54, 1.807) is 29.1 Å². The van der Waals surface area contributed by atoms with Crippen LogP contribution < -0.4 is 15.4 Å². The van der Waals surface area contributed by atoms with Crippen molar-refractivity contribution in [3.63, 3.8) is 0 Å². The molecule has 2 N–H and O–H groups in total. The largest absolute Gasteiger partial charge is 0.495 e. The molecule has 0 aliphatic carbocycles. The maximum Gasteiger partial charge on any atom is 0.319 e. The van der Waals surface area contributed by atoms with Crippen LogP contribution in [0.4, 0.5) is 10.5 Å². The summed E-state index contributed by atoms with van der Waals surface area (Å²) in [5.74, 6) is 1.13. The van der Waals surface area contributed by atoms with Gasteiger partial charge in [-0.25, -0.2) is 4.79 Å². The Morgan fingerprint density at radius 3 is 2.80 bits per heavy atom. The quantitative estimate of drug-likeness (QED) is 0.734. The van der Waals surface area contributed by atoms with Crippen LogP contribution in [0.2, 0.25) is 5.02 Å². The summed E-state index contributed by atoms with van der Waals surface area (Å²) < 4.78 is 7.01. The Morgan fingerprint density at radius 1 is 1.24 bits per heavy atom. The topological polar surface area (TPSA) is 81.1 Å². The van der Waals surface area contributed by atoms with Gasteiger partial charge in [-0.2, -0.15) is 0 Å². The summed E-state index contributed by atoms with van der Waals surface area (Å²) in [7, 11) is 1.52. The van der Waals surface area contributed by atoms with Crippen molar-refractivity contribution in [2.45, 2.75) is 6.54 Å². The number of aromatic nitrogens is 3. The van der Waals surface area contributed by atoms with E-state index in [1.165, 1.54) is 7.11 Å². The molecule has 0 saturated heterocycles. The maximum atomic E-state index is 12.2. The molecule has 0 fully saturated rings. The molecule has 0 unspecified atom stereocenters. The lowest BCUT2D eigenvalue weighted by Gasteiger charge is -2.12. The highest BCUT2D eigenvalue weighted by molar-refractivity contribution is 6.31. The molecular weight excluding hydrogens is 342 g/mol. The third kappa shape index (κ3) is 4.07. The van der Waals surface area contributed by atoms with Crippen molar-refractivity contribution >= 4 is 23.3 Å². The first-order valence-electron chi connectivity index (χ1n) is 7.50. The van der Waals surface area contributed by atoms with Crippen molar-refractivity contribution in [3.8, 4) is 11.4 Å². The summed E-state index contributed by atoms with van der Waals surface area (Å²) in [5, 5.41) is 13.9. The molecule has 2 amide bonds. The van der Waals surface area contributed by atoms with E-state index in [4.69, 9.17) is 16.3 Å². The van der Waals surface area contributed by atoms with Crippen LogP contribution in [0.5, 0.6) is 5.75 Å². The molecule has 0 bridgehead atoms. The van der Waals surface area contributed by atoms with Crippen molar-refractivity contribution in [2.75, 3.05) is 12.4 Å². The second-order valence-electron chi connectivity index (χ2n) is 5.11. The molecule has 128 valence electrons. The minimum absolute atomic E-state index is 0.212. The lowest BCUT2D eigenvalue weighted by Crippen LogP contribution is -2.29. The van der Waals surface area contributed by atoms with E-state index in [9.17, 15) is 4.79 Å². The number of ether oxygens (including phenoxy) is 1. The van der Waals surface area contributed by atoms with Gasteiger partial charge in [-0.15, -0.1) is 10.2 Å². The molecule has 0 atom stereocenters. The molecule has 2 aromatic carbocycles. The Kier molecular flexibility index (Phi) is 5.15. The van der Waals surface area contributed by atoms with Gasteiger partial charge in [-0.05, 0) is 30.3 Å². The Balaban J connectivity index is 1.66. The van der Waals surface area contributed by atoms with Crippen LogP contribution in [0.1, 0.15) is 5.82 Å². The van der Waals surface area contributed by atoms with Crippen LogP contribution in [-0.2, 0) is 6.54 Å². The molecule has 0 aliphatic rings. The lowest BCUT2D eigenvalue weighted by molar-refractivity contribution is 0.251. The number of nitrogens with zero attached hydrogens (tertiary/aromatic N) is 3. The summed E-state index contributed by atoms with van der Waals surface area (Å²) in [6.07, 6.45) is 1.60. The summed E-state index contributed by atoms with van der Waals surface area (Å²) >= 11 is 5.96. The van der Waals surface area contributed by atoms with Crippen LogP contribution in [0.3, 0.4) is 0 Å². The summed E-state index contributed by atoms with van der Waals surface area (Å²) in [5.41, 5.74) is 1.40. The monoisotopic (exact) mass is 357 g/mol. The number of carbonyl (C=O) groups is 1. The van der Waals surface area contributed by atoms with Gasteiger partial charge in [0.2, 0.25) is 0 Å². The third-order valence-corrected chi connectivity index (χ3v) is 3.70. The number of rotatable bonds is 5. The van der Waals surface area contributed by atoms with Crippen LogP contribution in [0, 0.1) is 0 Å². The number of methoxy groups -OCH3 is 1. The number of nitrogens with one attached hydrogen (secondary N) is 2. The fourth-order valence-corrected chi connectivity index (χ4v) is 2.46. The fourth-order valence-electron chi connectivity index (χ4n) is 2.29. The second-order valence-corrected chi connectivity index (χ2v) is 5.54. The van der Waals surface area contributed by atoms with Crippen molar-refractivity contribution in [2.24, 2.45) is 0 Å². The molecule has 0 radical (unpaired) electrons. The van der Waals surface area contributed by atoms with Gasteiger partial charge < -0.3 is 15.4 Å². The average Bonchev–Trinajstić information content (AvgIpc) is 3.09. The number of hydrogen-bond donors (Lipinski definition) is 2. The van der Waals surface area contributed by atoms with Gasteiger partial charge in [0, 0.05) is 10.7 Å². The minimum Gasteiger partial charge on any atom is -0.495 e. The molecule has 0 saturated carbocycles. The van der Waals surface area contributed by atoms with E-state index >= 15 is 0 Å². The molecule has 7 nitrogen and oxygen atoms in total. The molecule has 0 aliphatic heterocycles. The van der Waals surface area contributed by atoms with E-state index in [0.29, 0.717) is 22.3 Å². The van der Waals surface area contributed by atoms with E-state index in [0.717, 1.165) is 5.69 Å². The Bertz CT molecular complexity index is 866. The zero-order chi connectivity index (χ0) is 17.6. The zero-order valence-electron chi connectivity index (χ0n) is 13.4. The minimum atomic E-state index is -0.400. The molecule has 0 spiro atoms. The van der Waals surface area contributed by atoms with Gasteiger partial charge >= 0.3 is 6.03 Å². The van der Waals surface area contributed by atoms with Gasteiger partial charge in [0.15, 0.2) is 5.82 Å². The standard InChI is InChI=1S/C17H16ClN5O2/c1-25-15-8-7-12(18)9-14(15)21-17(24)19-10-16-22-20-11-23(16)13-5-3-2-4-6-13/h2-9,11H,10H2,1H3,(H2,19,21,24). The van der Waals surface area contributed by atoms with E-state index in [1.807, 2.05) is 30.3 Å². The summed E-state index contributed by atoms with van der Waals surface area (Å²) in [6.45, 7) is 0.212. The number of anilines is 1. The molecule has 1 heterocycles. The van der Waals surface area contributed by atoms with Gasteiger partial charge in [0.05, 0.1) is 19.3 Å². The second kappa shape index (κ2) is 7.67. The van der Waals surface area contributed by atoms with Crippen molar-refractivity contribution in [1.29, 1.82) is 0 Å². The first-order valence-corrected chi connectivity index (χ1v) is 7.88. The molecule has 25 heavy (non-hydrogen) atoms. The molecule has 3 rings (SSSR count). The van der Waals surface area contributed by atoms with Gasteiger partial charge in [-0.1, -0.05) is 29.8 Å². The number of benzene rings is 2. The van der Waals surface area contributed by atoms with E-state index in [-0.39, 0.29) is 6.54 Å². The fraction of sp³-hybridized carbons (Fsp3) is 0.118. The van der Waals surface area contributed by atoms with Crippen molar-refractivity contribution < 1.29 is 9.53 Å². The zero-order valence-corrected chi connectivity index (χ0v) is 14.2. The lowest BCUT2D eigenvalue weighted by atomic mass is 10.3. The third-order valence-electron chi connectivity index (χ3n) is 3.47. The van der Waals surface area contributed by atoms with Crippen LogP contribution in [0.25, 0.3) is 5.69 Å². The Morgan fingerprint density at radius 2 is 2.04 bits per heavy atom. The number of urea groups is 1. The maximum absolute atomic E-state index is 12.2. The van der Waals surface area contributed by atoms with E-state index in [2.05, 4.69) is 20.8 Å². The number of para-hydroxylation sites is 1. The predicted molar refractivity (Wildman–Crippen MR) is 95.2 cm³/mol. The van der Waals surface area contributed by atoms with Crippen LogP contribution in [0.15, 0.2) is 54.9 Å². The van der Waals surface area contributed by atoms with Crippen LogP contribution >= 0.6 is 11.6 Å². The number of amides is 2. The highest BCUT2D eigenvalue weighted by Gasteiger charge is 2.11. The molecule has 1 aromatic heterocycles. The Labute approximate surface area is 149 Å². The average molecular weight is 358 g/mol. The van der Waals surface area contributed by atoms with E-state index < -0.39 is 6.03 Å². The number of carbonyl (C=O) groups excluding carboxylic acids is 1. The van der Waals surface area contributed by atoms with Gasteiger partial charge in [-0.3, -0.25) is 4.57 Å². The number of halogens is 1. The molecule has 3 aromatic rings. The van der Waals surface area contributed by atoms with Gasteiger partial charge in [0.25, 0.3) is 0 Å². The molecular formula is C17H16ClN5O2. The summed E-state index contributed by atoms with van der Waals surface area (Å²) in [6, 6.07) is 14.2. The first kappa shape index (κ1) is 16.8. The summed E-state index contributed by atoms with van der Waals surface area (Å²) in [4.78, 5) is 12.2. The first-order chi connectivity index (χ1) is 12.2. The van der Waals surface area contributed by atoms with Crippen molar-refractivity contribution in [3.05, 3.63) is 65.7 Å². The highest BCUT2D eigenvalue weighted by Crippen LogP contribution is 2.27. The predicted octanol–water partition coefficient (Wildman–Crippen LogP) is 3.25. The highest BCUT2D eigenvalue weighted by atomic mass is 35.5. The number of hydrogen-bond acceptors (Lipinski definition) is 4.